The first-order valence-corrected chi connectivity index (χ1v) is 6.88. The fraction of sp³-hybridized carbons (Fsp3) is 0.714. The number of halogens is 3. The Balaban J connectivity index is 2.14. The Labute approximate surface area is 122 Å². The summed E-state index contributed by atoms with van der Waals surface area (Å²) in [4.78, 5) is 7.46. The first-order valence-electron chi connectivity index (χ1n) is 6.88. The van der Waals surface area contributed by atoms with Gasteiger partial charge in [-0.2, -0.15) is 18.2 Å². The van der Waals surface area contributed by atoms with Gasteiger partial charge >= 0.3 is 6.18 Å². The van der Waals surface area contributed by atoms with Crippen molar-refractivity contribution in [2.75, 3.05) is 24.2 Å². The van der Waals surface area contributed by atoms with Gasteiger partial charge in [0, 0.05) is 19.7 Å². The molecule has 1 aromatic heterocycles. The minimum Gasteiger partial charge on any atom is -0.370 e. The third-order valence-corrected chi connectivity index (χ3v) is 5.05. The highest BCUT2D eigenvalue weighted by Gasteiger charge is 2.64. The number of hydrogen-bond acceptors (Lipinski definition) is 4. The van der Waals surface area contributed by atoms with Crippen molar-refractivity contribution in [2.24, 2.45) is 16.7 Å². The molecule has 118 valence electrons. The Morgan fingerprint density at radius 2 is 1.71 bits per heavy atom. The van der Waals surface area contributed by atoms with Crippen LogP contribution in [0.5, 0.6) is 0 Å². The smallest absolute Gasteiger partial charge is 0.370 e. The lowest BCUT2D eigenvalue weighted by molar-refractivity contribution is -0.141. The van der Waals surface area contributed by atoms with Crippen LogP contribution in [-0.4, -0.2) is 23.6 Å². The molecule has 2 rings (SSSR count). The van der Waals surface area contributed by atoms with Crippen LogP contribution in [0.3, 0.4) is 0 Å². The summed E-state index contributed by atoms with van der Waals surface area (Å²) in [6, 6.07) is 0.948. The van der Waals surface area contributed by atoms with Gasteiger partial charge in [0.15, 0.2) is 5.69 Å². The molecule has 0 saturated heterocycles. The SMILES string of the molecule is CNc1nc(NCC2C(C)(C)C2(C)C)cc(C(F)(F)F)n1. The predicted molar refractivity (Wildman–Crippen MR) is 76.1 cm³/mol. The normalized spacial score (nSPS) is 20.2. The highest BCUT2D eigenvalue weighted by atomic mass is 19.4. The number of rotatable bonds is 4. The molecule has 1 heterocycles. The van der Waals surface area contributed by atoms with E-state index in [1.807, 2.05) is 0 Å². The van der Waals surface area contributed by atoms with E-state index in [9.17, 15) is 13.2 Å². The fourth-order valence-electron chi connectivity index (χ4n) is 2.84. The van der Waals surface area contributed by atoms with Crippen molar-refractivity contribution in [2.45, 2.75) is 33.9 Å². The van der Waals surface area contributed by atoms with E-state index >= 15 is 0 Å². The van der Waals surface area contributed by atoms with E-state index in [4.69, 9.17) is 0 Å². The molecule has 0 aromatic carbocycles. The van der Waals surface area contributed by atoms with Gasteiger partial charge in [-0.1, -0.05) is 27.7 Å². The molecule has 0 radical (unpaired) electrons. The lowest BCUT2D eigenvalue weighted by atomic mass is 10.0. The van der Waals surface area contributed by atoms with Gasteiger partial charge in [-0.3, -0.25) is 0 Å². The van der Waals surface area contributed by atoms with Crippen molar-refractivity contribution < 1.29 is 13.2 Å². The third kappa shape index (κ3) is 2.78. The van der Waals surface area contributed by atoms with Gasteiger partial charge in [0.05, 0.1) is 0 Å². The summed E-state index contributed by atoms with van der Waals surface area (Å²) in [5.74, 6) is 0.550. The van der Waals surface area contributed by atoms with E-state index in [1.165, 1.54) is 7.05 Å². The third-order valence-electron chi connectivity index (χ3n) is 5.05. The summed E-state index contributed by atoms with van der Waals surface area (Å²) in [7, 11) is 1.49. The molecular weight excluding hydrogens is 281 g/mol. The molecule has 0 spiro atoms. The first-order chi connectivity index (χ1) is 9.50. The lowest BCUT2D eigenvalue weighted by Crippen LogP contribution is -2.15. The molecule has 0 aliphatic heterocycles. The Hall–Kier alpha value is -1.53. The predicted octanol–water partition coefficient (Wildman–Crippen LogP) is 3.63. The second-order valence-corrected chi connectivity index (χ2v) is 6.59. The molecule has 1 aromatic rings. The average Bonchev–Trinajstić information content (AvgIpc) is 2.75. The van der Waals surface area contributed by atoms with Crippen LogP contribution in [0, 0.1) is 16.7 Å². The zero-order chi connectivity index (χ0) is 16.1. The van der Waals surface area contributed by atoms with E-state index in [0.717, 1.165) is 6.07 Å². The summed E-state index contributed by atoms with van der Waals surface area (Å²) in [6.45, 7) is 9.26. The summed E-state index contributed by atoms with van der Waals surface area (Å²) in [6.07, 6.45) is -4.48. The van der Waals surface area contributed by atoms with Crippen molar-refractivity contribution in [3.63, 3.8) is 0 Å². The van der Waals surface area contributed by atoms with Gasteiger partial charge in [0.2, 0.25) is 5.95 Å². The molecule has 4 nitrogen and oxygen atoms in total. The van der Waals surface area contributed by atoms with E-state index < -0.39 is 11.9 Å². The number of anilines is 2. The fourth-order valence-corrected chi connectivity index (χ4v) is 2.84. The number of nitrogens with one attached hydrogen (secondary N) is 2. The molecule has 1 fully saturated rings. The minimum absolute atomic E-state index is 0.0401. The number of aromatic nitrogens is 2. The van der Waals surface area contributed by atoms with Crippen LogP contribution in [0.15, 0.2) is 6.07 Å². The van der Waals surface area contributed by atoms with Gasteiger partial charge in [0.1, 0.15) is 5.82 Å². The molecule has 1 aliphatic rings. The average molecular weight is 302 g/mol. The van der Waals surface area contributed by atoms with Crippen LogP contribution in [0.4, 0.5) is 24.9 Å². The van der Waals surface area contributed by atoms with Gasteiger partial charge < -0.3 is 10.6 Å². The van der Waals surface area contributed by atoms with Crippen molar-refractivity contribution in [1.82, 2.24) is 9.97 Å². The highest BCUT2D eigenvalue weighted by molar-refractivity contribution is 5.43. The molecular formula is C14H21F3N4. The van der Waals surface area contributed by atoms with E-state index in [2.05, 4.69) is 48.3 Å². The maximum atomic E-state index is 12.8. The van der Waals surface area contributed by atoms with Gasteiger partial charge in [-0.05, 0) is 16.7 Å². The van der Waals surface area contributed by atoms with Crippen LogP contribution < -0.4 is 10.6 Å². The van der Waals surface area contributed by atoms with E-state index in [-0.39, 0.29) is 22.6 Å². The van der Waals surface area contributed by atoms with E-state index in [1.54, 1.807) is 0 Å². The Morgan fingerprint density at radius 1 is 1.14 bits per heavy atom. The van der Waals surface area contributed by atoms with Gasteiger partial charge in [-0.25, -0.2) is 4.98 Å². The summed E-state index contributed by atoms with van der Waals surface area (Å²) in [5, 5.41) is 5.57. The van der Waals surface area contributed by atoms with Crippen molar-refractivity contribution >= 4 is 11.8 Å². The Kier molecular flexibility index (Phi) is 3.58. The second-order valence-electron chi connectivity index (χ2n) is 6.59. The largest absolute Gasteiger partial charge is 0.433 e. The summed E-state index contributed by atoms with van der Waals surface area (Å²) < 4.78 is 38.4. The standard InChI is InChI=1S/C14H21F3N4/c1-12(2)8(13(12,3)4)7-19-10-6-9(14(15,16)17)20-11(18-5)21-10/h6,8H,7H2,1-5H3,(H2,18,19,20,21). The second kappa shape index (κ2) is 4.74. The van der Waals surface area contributed by atoms with Crippen LogP contribution in [0.2, 0.25) is 0 Å². The maximum absolute atomic E-state index is 12.8. The highest BCUT2D eigenvalue weighted by Crippen LogP contribution is 2.68. The first kappa shape index (κ1) is 15.9. The topological polar surface area (TPSA) is 49.8 Å². The number of alkyl halides is 3. The van der Waals surface area contributed by atoms with Crippen LogP contribution in [0.1, 0.15) is 33.4 Å². The van der Waals surface area contributed by atoms with Gasteiger partial charge in [-0.15, -0.1) is 0 Å². The molecule has 0 amide bonds. The number of hydrogen-bond donors (Lipinski definition) is 2. The lowest BCUT2D eigenvalue weighted by Gasteiger charge is -2.12. The maximum Gasteiger partial charge on any atom is 0.433 e. The van der Waals surface area contributed by atoms with Crippen molar-refractivity contribution in [1.29, 1.82) is 0 Å². The molecule has 0 bridgehead atoms. The molecule has 2 N–H and O–H groups in total. The molecule has 1 saturated carbocycles. The van der Waals surface area contributed by atoms with Gasteiger partial charge in [0.25, 0.3) is 0 Å². The van der Waals surface area contributed by atoms with Crippen LogP contribution in [-0.2, 0) is 6.18 Å². The molecule has 0 atom stereocenters. The van der Waals surface area contributed by atoms with Crippen molar-refractivity contribution in [3.05, 3.63) is 11.8 Å². The Morgan fingerprint density at radius 3 is 2.14 bits per heavy atom. The minimum atomic E-state index is -4.48. The van der Waals surface area contributed by atoms with Crippen LogP contribution >= 0.6 is 0 Å². The molecule has 1 aliphatic carbocycles. The van der Waals surface area contributed by atoms with Crippen molar-refractivity contribution in [3.8, 4) is 0 Å². The summed E-state index contributed by atoms with van der Waals surface area (Å²) in [5.41, 5.74) is -0.601. The summed E-state index contributed by atoms with van der Waals surface area (Å²) >= 11 is 0. The Bertz CT molecular complexity index is 524. The van der Waals surface area contributed by atoms with E-state index in [0.29, 0.717) is 12.5 Å². The quantitative estimate of drug-likeness (QED) is 0.891. The zero-order valence-corrected chi connectivity index (χ0v) is 12.9. The molecule has 0 unspecified atom stereocenters. The monoisotopic (exact) mass is 302 g/mol. The molecule has 7 heteroatoms. The number of nitrogens with zero attached hydrogens (tertiary/aromatic N) is 2. The molecule has 21 heavy (non-hydrogen) atoms. The van der Waals surface area contributed by atoms with Crippen LogP contribution in [0.25, 0.3) is 0 Å². The zero-order valence-electron chi connectivity index (χ0n) is 12.9.